The van der Waals surface area contributed by atoms with Gasteiger partial charge in [-0.05, 0) is 79.0 Å². The van der Waals surface area contributed by atoms with Gasteiger partial charge in [0.2, 0.25) is 0 Å². The topological polar surface area (TPSA) is 86.4 Å². The monoisotopic (exact) mass is 485 g/mol. The third-order valence-electron chi connectivity index (χ3n) is 7.27. The maximum Gasteiger partial charge on any atom is 0.159 e. The number of para-hydroxylation sites is 1. The van der Waals surface area contributed by atoms with Crippen LogP contribution in [0.15, 0.2) is 79.4 Å². The fraction of sp³-hybridized carbons (Fsp3) is 0.200. The Morgan fingerprint density at radius 3 is 2.57 bits per heavy atom. The highest BCUT2D eigenvalue weighted by Gasteiger charge is 2.16. The molecule has 0 radical (unpaired) electrons. The van der Waals surface area contributed by atoms with E-state index in [0.717, 1.165) is 62.3 Å². The Kier molecular flexibility index (Phi) is 5.48. The largest absolute Gasteiger partial charge is 0.337 e. The average molecular weight is 486 g/mol. The number of piperidine rings is 1. The molecule has 0 atom stereocenters. The second kappa shape index (κ2) is 9.26. The summed E-state index contributed by atoms with van der Waals surface area (Å²) >= 11 is 0. The van der Waals surface area contributed by atoms with E-state index in [9.17, 15) is 0 Å². The molecule has 0 spiro atoms. The molecule has 0 amide bonds. The van der Waals surface area contributed by atoms with Gasteiger partial charge in [-0.3, -0.25) is 20.0 Å². The normalized spacial score (nSPS) is 14.5. The molecule has 0 unspecified atom stereocenters. The van der Waals surface area contributed by atoms with E-state index < -0.39 is 0 Å². The molecular formula is C30H27N7. The number of pyridine rings is 2. The second-order valence-corrected chi connectivity index (χ2v) is 9.77. The summed E-state index contributed by atoms with van der Waals surface area (Å²) in [5, 5.41) is 8.85. The fourth-order valence-electron chi connectivity index (χ4n) is 5.39. The zero-order valence-electron chi connectivity index (χ0n) is 20.5. The summed E-state index contributed by atoms with van der Waals surface area (Å²) < 4.78 is 0. The highest BCUT2D eigenvalue weighted by molar-refractivity contribution is 5.98. The van der Waals surface area contributed by atoms with Gasteiger partial charge in [0.25, 0.3) is 0 Å². The van der Waals surface area contributed by atoms with Crippen molar-refractivity contribution in [3.63, 3.8) is 0 Å². The lowest BCUT2D eigenvalue weighted by molar-refractivity contribution is 0.220. The molecule has 1 saturated heterocycles. The van der Waals surface area contributed by atoms with Crippen LogP contribution < -0.4 is 0 Å². The summed E-state index contributed by atoms with van der Waals surface area (Å²) in [6.07, 6.45) is 11.5. The van der Waals surface area contributed by atoms with Crippen molar-refractivity contribution >= 4 is 21.9 Å². The Morgan fingerprint density at radius 1 is 0.784 bits per heavy atom. The van der Waals surface area contributed by atoms with Crippen molar-refractivity contribution in [1.29, 1.82) is 0 Å². The molecule has 2 N–H and O–H groups in total. The summed E-state index contributed by atoms with van der Waals surface area (Å²) in [4.78, 5) is 19.7. The molecule has 5 heterocycles. The number of hydrogen-bond acceptors (Lipinski definition) is 5. The van der Waals surface area contributed by atoms with Crippen LogP contribution in [0.4, 0.5) is 0 Å². The number of fused-ring (bicyclic) bond motifs is 2. The summed E-state index contributed by atoms with van der Waals surface area (Å²) in [6.45, 7) is 3.31. The zero-order chi connectivity index (χ0) is 24.6. The van der Waals surface area contributed by atoms with Crippen molar-refractivity contribution in [1.82, 2.24) is 35.0 Å². The van der Waals surface area contributed by atoms with Gasteiger partial charge in [0.1, 0.15) is 5.69 Å². The molecule has 1 aliphatic heterocycles. The van der Waals surface area contributed by atoms with E-state index >= 15 is 0 Å². The van der Waals surface area contributed by atoms with E-state index in [-0.39, 0.29) is 0 Å². The Bertz CT molecular complexity index is 1690. The molecule has 182 valence electrons. The summed E-state index contributed by atoms with van der Waals surface area (Å²) in [5.41, 5.74) is 9.34. The Labute approximate surface area is 214 Å². The van der Waals surface area contributed by atoms with Crippen LogP contribution in [0.3, 0.4) is 0 Å². The van der Waals surface area contributed by atoms with E-state index in [0.29, 0.717) is 0 Å². The molecule has 1 fully saturated rings. The number of nitrogens with one attached hydrogen (secondary N) is 2. The van der Waals surface area contributed by atoms with Crippen LogP contribution in [-0.2, 0) is 6.54 Å². The maximum absolute atomic E-state index is 4.99. The van der Waals surface area contributed by atoms with Gasteiger partial charge in [0, 0.05) is 47.8 Å². The predicted molar refractivity (Wildman–Crippen MR) is 147 cm³/mol. The number of nitrogens with zero attached hydrogens (tertiary/aromatic N) is 5. The van der Waals surface area contributed by atoms with Crippen molar-refractivity contribution in [3.8, 4) is 33.8 Å². The highest BCUT2D eigenvalue weighted by atomic mass is 15.1. The van der Waals surface area contributed by atoms with Crippen LogP contribution in [0, 0.1) is 0 Å². The summed E-state index contributed by atoms with van der Waals surface area (Å²) in [7, 11) is 0. The first-order valence-electron chi connectivity index (χ1n) is 12.9. The van der Waals surface area contributed by atoms with Gasteiger partial charge in [-0.1, -0.05) is 24.6 Å². The van der Waals surface area contributed by atoms with Crippen LogP contribution in [0.5, 0.6) is 0 Å². The first-order chi connectivity index (χ1) is 18.3. The SMILES string of the molecule is c1cc(-c2ccncc2)c2nc(-c3n[nH]c4ccc(-c5cncc(CN6CCCCC6)c5)cc34)[nH]c2c1. The van der Waals surface area contributed by atoms with Crippen molar-refractivity contribution in [2.45, 2.75) is 25.8 Å². The summed E-state index contributed by atoms with van der Waals surface area (Å²) in [5.74, 6) is 0.747. The number of likely N-dealkylation sites (tertiary alicyclic amines) is 1. The third kappa shape index (κ3) is 4.17. The molecule has 0 saturated carbocycles. The van der Waals surface area contributed by atoms with Gasteiger partial charge in [0.15, 0.2) is 5.82 Å². The fourth-order valence-corrected chi connectivity index (χ4v) is 5.39. The van der Waals surface area contributed by atoms with E-state index in [1.165, 1.54) is 37.9 Å². The van der Waals surface area contributed by atoms with E-state index in [1.54, 1.807) is 12.4 Å². The number of aromatic amines is 2. The van der Waals surface area contributed by atoms with Gasteiger partial charge >= 0.3 is 0 Å². The molecule has 0 bridgehead atoms. The van der Waals surface area contributed by atoms with E-state index in [1.807, 2.05) is 30.6 Å². The van der Waals surface area contributed by atoms with Crippen LogP contribution in [0.1, 0.15) is 24.8 Å². The van der Waals surface area contributed by atoms with E-state index in [4.69, 9.17) is 4.98 Å². The average Bonchev–Trinajstić information content (AvgIpc) is 3.58. The minimum Gasteiger partial charge on any atom is -0.337 e. The molecule has 7 rings (SSSR count). The number of H-pyrrole nitrogens is 2. The Balaban J connectivity index is 1.26. The number of benzene rings is 2. The van der Waals surface area contributed by atoms with Gasteiger partial charge in [-0.25, -0.2) is 4.98 Å². The van der Waals surface area contributed by atoms with Crippen molar-refractivity contribution in [2.24, 2.45) is 0 Å². The first-order valence-corrected chi connectivity index (χ1v) is 12.9. The maximum atomic E-state index is 4.99. The lowest BCUT2D eigenvalue weighted by Crippen LogP contribution is -2.29. The lowest BCUT2D eigenvalue weighted by atomic mass is 10.0. The minimum atomic E-state index is 0.747. The van der Waals surface area contributed by atoms with Crippen molar-refractivity contribution < 1.29 is 0 Å². The third-order valence-corrected chi connectivity index (χ3v) is 7.27. The quantitative estimate of drug-likeness (QED) is 0.303. The highest BCUT2D eigenvalue weighted by Crippen LogP contribution is 2.33. The van der Waals surface area contributed by atoms with Crippen LogP contribution in [-0.4, -0.2) is 48.1 Å². The van der Waals surface area contributed by atoms with Crippen molar-refractivity contribution in [3.05, 3.63) is 84.9 Å². The summed E-state index contributed by atoms with van der Waals surface area (Å²) in [6, 6.07) is 18.9. The first kappa shape index (κ1) is 21.9. The van der Waals surface area contributed by atoms with Gasteiger partial charge in [0.05, 0.1) is 16.6 Å². The number of aromatic nitrogens is 6. The van der Waals surface area contributed by atoms with Gasteiger partial charge in [-0.15, -0.1) is 0 Å². The molecule has 0 aliphatic carbocycles. The number of imidazole rings is 1. The molecule has 37 heavy (non-hydrogen) atoms. The van der Waals surface area contributed by atoms with Gasteiger partial charge in [-0.2, -0.15) is 5.10 Å². The van der Waals surface area contributed by atoms with E-state index in [2.05, 4.69) is 66.4 Å². The molecule has 6 aromatic rings. The molecule has 4 aromatic heterocycles. The second-order valence-electron chi connectivity index (χ2n) is 9.77. The Morgan fingerprint density at radius 2 is 1.68 bits per heavy atom. The van der Waals surface area contributed by atoms with Crippen LogP contribution >= 0.6 is 0 Å². The molecular weight excluding hydrogens is 458 g/mol. The zero-order valence-corrected chi connectivity index (χ0v) is 20.5. The lowest BCUT2D eigenvalue weighted by Gasteiger charge is -2.26. The molecule has 1 aliphatic rings. The smallest absolute Gasteiger partial charge is 0.159 e. The van der Waals surface area contributed by atoms with Crippen molar-refractivity contribution in [2.75, 3.05) is 13.1 Å². The Hall–Kier alpha value is -4.36. The molecule has 7 nitrogen and oxygen atoms in total. The minimum absolute atomic E-state index is 0.747. The van der Waals surface area contributed by atoms with Gasteiger partial charge < -0.3 is 4.98 Å². The standard InChI is InChI=1S/C30H27N7/c1-2-13-37(14-3-1)19-20-15-23(18-32-17-20)22-7-8-26-25(16-22)29(36-35-26)30-33-27-6-4-5-24(28(27)34-30)21-9-11-31-12-10-21/h4-12,15-18H,1-3,13-14,19H2,(H,33,34)(H,35,36). The molecule has 2 aromatic carbocycles. The molecule has 7 heteroatoms. The number of rotatable bonds is 5. The van der Waals surface area contributed by atoms with Crippen LogP contribution in [0.2, 0.25) is 0 Å². The number of hydrogen-bond donors (Lipinski definition) is 2. The predicted octanol–water partition coefficient (Wildman–Crippen LogP) is 6.22. The van der Waals surface area contributed by atoms with Crippen LogP contribution in [0.25, 0.3) is 55.7 Å².